The molecule has 1 aliphatic rings. The van der Waals surface area contributed by atoms with E-state index in [9.17, 15) is 14.7 Å². The zero-order valence-electron chi connectivity index (χ0n) is 12.8. The van der Waals surface area contributed by atoms with Crippen LogP contribution in [0.5, 0.6) is 0 Å². The average Bonchev–Trinajstić information content (AvgIpc) is 2.84. The third-order valence-corrected chi connectivity index (χ3v) is 4.05. The molecule has 116 valence electrons. The molecule has 6 heteroatoms. The highest BCUT2D eigenvalue weighted by atomic mass is 16.4. The molecule has 0 aromatic heterocycles. The van der Waals surface area contributed by atoms with Gasteiger partial charge in [0.05, 0.1) is 5.41 Å². The fraction of sp³-hybridized carbons (Fsp3) is 0.857. The van der Waals surface area contributed by atoms with E-state index in [0.717, 1.165) is 19.4 Å². The summed E-state index contributed by atoms with van der Waals surface area (Å²) in [6.07, 6.45) is 2.92. The minimum Gasteiger partial charge on any atom is -0.481 e. The second-order valence-corrected chi connectivity index (χ2v) is 5.67. The summed E-state index contributed by atoms with van der Waals surface area (Å²) in [7, 11) is 3.66. The van der Waals surface area contributed by atoms with Crippen LogP contribution in [0.1, 0.15) is 32.6 Å². The second-order valence-electron chi connectivity index (χ2n) is 5.67. The van der Waals surface area contributed by atoms with Crippen molar-refractivity contribution in [3.05, 3.63) is 0 Å². The molecular weight excluding hydrogens is 258 g/mol. The number of nitrogens with zero attached hydrogens (tertiary/aromatic N) is 2. The van der Waals surface area contributed by atoms with E-state index in [1.807, 2.05) is 14.0 Å². The van der Waals surface area contributed by atoms with Crippen molar-refractivity contribution < 1.29 is 14.7 Å². The van der Waals surface area contributed by atoms with Gasteiger partial charge in [-0.3, -0.25) is 4.79 Å². The van der Waals surface area contributed by atoms with Crippen LogP contribution in [-0.2, 0) is 4.79 Å². The third kappa shape index (κ3) is 3.85. The van der Waals surface area contributed by atoms with Gasteiger partial charge in [0.1, 0.15) is 0 Å². The van der Waals surface area contributed by atoms with Gasteiger partial charge in [-0.25, -0.2) is 4.79 Å². The van der Waals surface area contributed by atoms with Crippen molar-refractivity contribution in [2.45, 2.75) is 32.6 Å². The van der Waals surface area contributed by atoms with Gasteiger partial charge in [0.15, 0.2) is 0 Å². The van der Waals surface area contributed by atoms with E-state index < -0.39 is 11.4 Å². The Morgan fingerprint density at radius 2 is 2.15 bits per heavy atom. The summed E-state index contributed by atoms with van der Waals surface area (Å²) in [5, 5.41) is 12.5. The minimum atomic E-state index is -0.771. The lowest BCUT2D eigenvalue weighted by Gasteiger charge is -2.27. The Kier molecular flexibility index (Phi) is 6.26. The maximum Gasteiger partial charge on any atom is 0.319 e. The number of carboxylic acid groups (broad SMARTS) is 1. The number of carbonyl (C=O) groups is 2. The molecule has 20 heavy (non-hydrogen) atoms. The molecule has 1 saturated heterocycles. The lowest BCUT2D eigenvalue weighted by atomic mass is 9.83. The number of aliphatic carboxylic acids is 1. The second kappa shape index (κ2) is 7.47. The van der Waals surface area contributed by atoms with Crippen molar-refractivity contribution in [1.82, 2.24) is 15.1 Å². The Bertz CT molecular complexity index is 349. The highest BCUT2D eigenvalue weighted by molar-refractivity contribution is 5.79. The van der Waals surface area contributed by atoms with E-state index in [-0.39, 0.29) is 6.03 Å². The summed E-state index contributed by atoms with van der Waals surface area (Å²) in [5.41, 5.74) is -0.740. The van der Waals surface area contributed by atoms with Gasteiger partial charge in [-0.15, -0.1) is 0 Å². The molecule has 1 fully saturated rings. The van der Waals surface area contributed by atoms with Gasteiger partial charge in [-0.1, -0.05) is 13.3 Å². The minimum absolute atomic E-state index is 0.0552. The molecule has 2 amide bonds. The first-order valence-corrected chi connectivity index (χ1v) is 7.35. The van der Waals surface area contributed by atoms with E-state index in [1.165, 1.54) is 0 Å². The summed E-state index contributed by atoms with van der Waals surface area (Å²) in [6.45, 7) is 4.42. The van der Waals surface area contributed by atoms with Gasteiger partial charge in [0, 0.05) is 26.7 Å². The van der Waals surface area contributed by atoms with E-state index in [4.69, 9.17) is 0 Å². The van der Waals surface area contributed by atoms with Gasteiger partial charge >= 0.3 is 12.0 Å². The Labute approximate surface area is 121 Å². The van der Waals surface area contributed by atoms with Crippen LogP contribution in [-0.4, -0.2) is 67.2 Å². The van der Waals surface area contributed by atoms with Gasteiger partial charge in [-0.05, 0) is 32.9 Å². The average molecular weight is 285 g/mol. The number of carboxylic acids is 1. The molecule has 1 rings (SSSR count). The molecule has 0 saturated carbocycles. The lowest BCUT2D eigenvalue weighted by molar-refractivity contribution is -0.148. The predicted octanol–water partition coefficient (Wildman–Crippen LogP) is 1.22. The van der Waals surface area contributed by atoms with E-state index in [1.54, 1.807) is 16.8 Å². The van der Waals surface area contributed by atoms with Crippen LogP contribution in [0.2, 0.25) is 0 Å². The third-order valence-electron chi connectivity index (χ3n) is 4.05. The number of urea groups is 1. The van der Waals surface area contributed by atoms with E-state index in [0.29, 0.717) is 32.5 Å². The summed E-state index contributed by atoms with van der Waals surface area (Å²) in [6, 6.07) is -0.0552. The molecule has 0 aromatic carbocycles. The zero-order chi connectivity index (χ0) is 15.2. The Morgan fingerprint density at radius 1 is 1.45 bits per heavy atom. The van der Waals surface area contributed by atoms with Crippen LogP contribution >= 0.6 is 0 Å². The van der Waals surface area contributed by atoms with Crippen molar-refractivity contribution in [2.24, 2.45) is 5.41 Å². The zero-order valence-corrected chi connectivity index (χ0v) is 12.8. The fourth-order valence-electron chi connectivity index (χ4n) is 2.83. The van der Waals surface area contributed by atoms with Crippen molar-refractivity contribution >= 4 is 12.0 Å². The molecule has 0 radical (unpaired) electrons. The first-order valence-electron chi connectivity index (χ1n) is 7.35. The standard InChI is InChI=1S/C14H27N3O3/c1-4-6-14(12(18)19)7-10-17(11-14)13(20)16(3)9-5-8-15-2/h15H,4-11H2,1-3H3,(H,18,19). The number of likely N-dealkylation sites (tertiary alicyclic amines) is 1. The Morgan fingerprint density at radius 3 is 2.70 bits per heavy atom. The molecule has 0 bridgehead atoms. The molecule has 1 atom stereocenters. The Hall–Kier alpha value is -1.30. The topological polar surface area (TPSA) is 72.9 Å². The summed E-state index contributed by atoms with van der Waals surface area (Å²) >= 11 is 0. The molecule has 0 spiro atoms. The lowest BCUT2D eigenvalue weighted by Crippen LogP contribution is -2.43. The Balaban J connectivity index is 2.57. The summed E-state index contributed by atoms with van der Waals surface area (Å²) < 4.78 is 0. The number of nitrogens with one attached hydrogen (secondary N) is 1. The predicted molar refractivity (Wildman–Crippen MR) is 77.7 cm³/mol. The largest absolute Gasteiger partial charge is 0.481 e. The fourth-order valence-corrected chi connectivity index (χ4v) is 2.83. The molecule has 6 nitrogen and oxygen atoms in total. The maximum atomic E-state index is 12.3. The van der Waals surface area contributed by atoms with Gasteiger partial charge < -0.3 is 20.2 Å². The maximum absolute atomic E-state index is 12.3. The molecule has 1 aliphatic heterocycles. The summed E-state index contributed by atoms with van der Waals surface area (Å²) in [5.74, 6) is -0.771. The summed E-state index contributed by atoms with van der Waals surface area (Å²) in [4.78, 5) is 27.2. The molecule has 1 heterocycles. The van der Waals surface area contributed by atoms with Crippen LogP contribution in [0.25, 0.3) is 0 Å². The molecular formula is C14H27N3O3. The first kappa shape index (κ1) is 16.8. The molecule has 0 aliphatic carbocycles. The number of hydrogen-bond acceptors (Lipinski definition) is 3. The molecule has 1 unspecified atom stereocenters. The smallest absolute Gasteiger partial charge is 0.319 e. The highest BCUT2D eigenvalue weighted by Gasteiger charge is 2.45. The molecule has 0 aromatic rings. The number of rotatable bonds is 7. The normalized spacial score (nSPS) is 22.1. The van der Waals surface area contributed by atoms with Crippen molar-refractivity contribution in [1.29, 1.82) is 0 Å². The van der Waals surface area contributed by atoms with Crippen LogP contribution < -0.4 is 5.32 Å². The van der Waals surface area contributed by atoms with E-state index >= 15 is 0 Å². The number of hydrogen-bond donors (Lipinski definition) is 2. The monoisotopic (exact) mass is 285 g/mol. The van der Waals surface area contributed by atoms with Crippen LogP contribution in [0, 0.1) is 5.41 Å². The SMILES string of the molecule is CCCC1(C(=O)O)CCN(C(=O)N(C)CCCNC)C1. The van der Waals surface area contributed by atoms with Crippen molar-refractivity contribution in [2.75, 3.05) is 40.3 Å². The van der Waals surface area contributed by atoms with Crippen LogP contribution in [0.4, 0.5) is 4.79 Å². The van der Waals surface area contributed by atoms with Gasteiger partial charge in [-0.2, -0.15) is 0 Å². The quantitative estimate of drug-likeness (QED) is 0.690. The van der Waals surface area contributed by atoms with Crippen molar-refractivity contribution in [3.8, 4) is 0 Å². The molecule has 2 N–H and O–H groups in total. The van der Waals surface area contributed by atoms with Gasteiger partial charge in [0.25, 0.3) is 0 Å². The highest BCUT2D eigenvalue weighted by Crippen LogP contribution is 2.35. The van der Waals surface area contributed by atoms with Crippen LogP contribution in [0.15, 0.2) is 0 Å². The van der Waals surface area contributed by atoms with Gasteiger partial charge in [0.2, 0.25) is 0 Å². The van der Waals surface area contributed by atoms with Crippen LogP contribution in [0.3, 0.4) is 0 Å². The first-order chi connectivity index (χ1) is 9.46. The number of amides is 2. The van der Waals surface area contributed by atoms with E-state index in [2.05, 4.69) is 5.32 Å². The van der Waals surface area contributed by atoms with Crippen molar-refractivity contribution in [3.63, 3.8) is 0 Å². The number of carbonyl (C=O) groups excluding carboxylic acids is 1.